The summed E-state index contributed by atoms with van der Waals surface area (Å²) in [6, 6.07) is 8.99. The molecule has 0 aliphatic carbocycles. The second-order valence-electron chi connectivity index (χ2n) is 5.65. The highest BCUT2D eigenvalue weighted by atomic mass is 32.2. The van der Waals surface area contributed by atoms with Crippen LogP contribution in [0, 0.1) is 12.8 Å². The summed E-state index contributed by atoms with van der Waals surface area (Å²) in [5.41, 5.74) is 2.54. The molecule has 1 atom stereocenters. The van der Waals surface area contributed by atoms with Gasteiger partial charge in [0.25, 0.3) is 0 Å². The molecule has 20 heavy (non-hydrogen) atoms. The van der Waals surface area contributed by atoms with E-state index in [-0.39, 0.29) is 0 Å². The highest BCUT2D eigenvalue weighted by Gasteiger charge is 2.06. The summed E-state index contributed by atoms with van der Waals surface area (Å²) in [4.78, 5) is 0. The van der Waals surface area contributed by atoms with Crippen molar-refractivity contribution < 1.29 is 4.55 Å². The van der Waals surface area contributed by atoms with Crippen LogP contribution in [0.2, 0.25) is 0 Å². The van der Waals surface area contributed by atoms with Crippen molar-refractivity contribution in [2.45, 2.75) is 39.7 Å². The Kier molecular flexibility index (Phi) is 8.67. The lowest BCUT2D eigenvalue weighted by Gasteiger charge is -2.17. The van der Waals surface area contributed by atoms with Crippen LogP contribution in [0.5, 0.6) is 0 Å². The van der Waals surface area contributed by atoms with Crippen molar-refractivity contribution in [3.8, 4) is 0 Å². The van der Waals surface area contributed by atoms with Crippen LogP contribution < -0.4 is 5.32 Å². The van der Waals surface area contributed by atoms with Gasteiger partial charge in [0.15, 0.2) is 0 Å². The normalized spacial score (nSPS) is 13.2. The fourth-order valence-corrected chi connectivity index (χ4v) is 2.34. The summed E-state index contributed by atoms with van der Waals surface area (Å²) in [5.74, 6) is 1.46. The van der Waals surface area contributed by atoms with Gasteiger partial charge in [-0.1, -0.05) is 55.8 Å². The van der Waals surface area contributed by atoms with Crippen molar-refractivity contribution in [1.82, 2.24) is 5.32 Å². The zero-order valence-corrected chi connectivity index (χ0v) is 13.6. The molecule has 1 unspecified atom stereocenters. The van der Waals surface area contributed by atoms with Gasteiger partial charge in [0.1, 0.15) is 0 Å². The first kappa shape index (κ1) is 17.3. The average molecular weight is 293 g/mol. The Labute approximate surface area is 127 Å². The van der Waals surface area contributed by atoms with Gasteiger partial charge in [-0.2, -0.15) is 0 Å². The summed E-state index contributed by atoms with van der Waals surface area (Å²) in [5, 5.41) is 3.56. The molecule has 0 saturated heterocycles. The molecule has 112 valence electrons. The van der Waals surface area contributed by atoms with Crippen molar-refractivity contribution in [2.75, 3.05) is 12.3 Å². The lowest BCUT2D eigenvalue weighted by atomic mass is 10.0. The SMILES string of the molecule is Cc1ccc(/C=C/C(CC(C)C)NCCCSO)cc1. The number of benzene rings is 1. The van der Waals surface area contributed by atoms with E-state index in [1.54, 1.807) is 0 Å². The highest BCUT2D eigenvalue weighted by Crippen LogP contribution is 2.10. The molecule has 0 fully saturated rings. The molecule has 1 rings (SSSR count). The maximum atomic E-state index is 8.73. The van der Waals surface area contributed by atoms with E-state index in [4.69, 9.17) is 4.55 Å². The minimum Gasteiger partial charge on any atom is -0.330 e. The average Bonchev–Trinajstić information content (AvgIpc) is 2.42. The van der Waals surface area contributed by atoms with Gasteiger partial charge in [0.05, 0.1) is 0 Å². The Morgan fingerprint density at radius 3 is 2.55 bits per heavy atom. The predicted molar refractivity (Wildman–Crippen MR) is 91.2 cm³/mol. The molecule has 0 heterocycles. The van der Waals surface area contributed by atoms with Crippen LogP contribution in [0.15, 0.2) is 30.3 Å². The number of nitrogens with one attached hydrogen (secondary N) is 1. The summed E-state index contributed by atoms with van der Waals surface area (Å²) in [6.45, 7) is 7.55. The second-order valence-corrected chi connectivity index (χ2v) is 6.31. The second kappa shape index (κ2) is 10.0. The quantitative estimate of drug-likeness (QED) is 0.515. The molecule has 3 heteroatoms. The third-order valence-corrected chi connectivity index (χ3v) is 3.61. The van der Waals surface area contributed by atoms with Crippen LogP contribution in [-0.2, 0) is 0 Å². The number of hydrogen-bond donors (Lipinski definition) is 2. The molecule has 2 N–H and O–H groups in total. The Hall–Kier alpha value is -0.770. The molecule has 0 saturated carbocycles. The zero-order chi connectivity index (χ0) is 14.8. The number of hydrogen-bond acceptors (Lipinski definition) is 3. The van der Waals surface area contributed by atoms with Crippen LogP contribution >= 0.6 is 12.0 Å². The van der Waals surface area contributed by atoms with Crippen LogP contribution in [0.3, 0.4) is 0 Å². The Bertz CT molecular complexity index is 386. The minimum absolute atomic E-state index is 0.403. The Balaban J connectivity index is 2.51. The minimum atomic E-state index is 0.403. The molecule has 0 radical (unpaired) electrons. The van der Waals surface area contributed by atoms with E-state index in [0.717, 1.165) is 37.2 Å². The van der Waals surface area contributed by atoms with E-state index >= 15 is 0 Å². The topological polar surface area (TPSA) is 32.3 Å². The fourth-order valence-electron chi connectivity index (χ4n) is 2.07. The van der Waals surface area contributed by atoms with Crippen LogP contribution in [-0.4, -0.2) is 22.9 Å². The first-order valence-corrected chi connectivity index (χ1v) is 8.30. The van der Waals surface area contributed by atoms with Gasteiger partial charge in [-0.05, 0) is 49.8 Å². The van der Waals surface area contributed by atoms with E-state index in [1.807, 2.05) is 0 Å². The maximum Gasteiger partial charge on any atom is 0.0255 e. The zero-order valence-electron chi connectivity index (χ0n) is 12.8. The molecular formula is C17H27NOS. The summed E-state index contributed by atoms with van der Waals surface area (Å²) < 4.78 is 8.73. The first-order valence-electron chi connectivity index (χ1n) is 7.36. The van der Waals surface area contributed by atoms with Gasteiger partial charge in [-0.3, -0.25) is 0 Å². The van der Waals surface area contributed by atoms with Gasteiger partial charge in [0, 0.05) is 11.8 Å². The lowest BCUT2D eigenvalue weighted by Crippen LogP contribution is -2.29. The van der Waals surface area contributed by atoms with Crippen molar-refractivity contribution in [1.29, 1.82) is 0 Å². The van der Waals surface area contributed by atoms with Gasteiger partial charge in [0.2, 0.25) is 0 Å². The van der Waals surface area contributed by atoms with Gasteiger partial charge < -0.3 is 9.87 Å². The summed E-state index contributed by atoms with van der Waals surface area (Å²) in [7, 11) is 0. The maximum absolute atomic E-state index is 8.73. The van der Waals surface area contributed by atoms with Crippen LogP contribution in [0.4, 0.5) is 0 Å². The molecule has 0 aliphatic heterocycles. The molecule has 1 aromatic carbocycles. The van der Waals surface area contributed by atoms with Crippen molar-refractivity contribution in [3.63, 3.8) is 0 Å². The van der Waals surface area contributed by atoms with E-state index in [2.05, 4.69) is 62.5 Å². The van der Waals surface area contributed by atoms with Crippen molar-refractivity contribution in [2.24, 2.45) is 5.92 Å². The highest BCUT2D eigenvalue weighted by molar-refractivity contribution is 7.93. The van der Waals surface area contributed by atoms with Gasteiger partial charge >= 0.3 is 0 Å². The smallest absolute Gasteiger partial charge is 0.0255 e. The Morgan fingerprint density at radius 2 is 1.95 bits per heavy atom. The molecule has 1 aromatic rings. The molecule has 0 aromatic heterocycles. The number of aryl methyl sites for hydroxylation is 1. The van der Waals surface area contributed by atoms with E-state index < -0.39 is 0 Å². The van der Waals surface area contributed by atoms with Crippen molar-refractivity contribution >= 4 is 18.1 Å². The fraction of sp³-hybridized carbons (Fsp3) is 0.529. The standard InChI is InChI=1S/C17H27NOS/c1-14(2)13-17(18-11-4-12-20-19)10-9-16-7-5-15(3)6-8-16/h5-10,14,17-19H,4,11-13H2,1-3H3/b10-9+. The van der Waals surface area contributed by atoms with E-state index in [9.17, 15) is 0 Å². The molecule has 0 bridgehead atoms. The summed E-state index contributed by atoms with van der Waals surface area (Å²) >= 11 is 0.921. The van der Waals surface area contributed by atoms with Crippen LogP contribution in [0.25, 0.3) is 6.08 Å². The van der Waals surface area contributed by atoms with E-state index in [0.29, 0.717) is 12.0 Å². The Morgan fingerprint density at radius 1 is 1.25 bits per heavy atom. The predicted octanol–water partition coefficient (Wildman–Crippen LogP) is 4.61. The number of rotatable bonds is 9. The molecule has 0 amide bonds. The largest absolute Gasteiger partial charge is 0.330 e. The van der Waals surface area contributed by atoms with Crippen molar-refractivity contribution in [3.05, 3.63) is 41.5 Å². The molecule has 0 aliphatic rings. The van der Waals surface area contributed by atoms with Gasteiger partial charge in [-0.25, -0.2) is 0 Å². The third kappa shape index (κ3) is 7.73. The molecule has 2 nitrogen and oxygen atoms in total. The third-order valence-electron chi connectivity index (χ3n) is 3.14. The molecule has 0 spiro atoms. The van der Waals surface area contributed by atoms with E-state index in [1.165, 1.54) is 11.1 Å². The van der Waals surface area contributed by atoms with Crippen LogP contribution in [0.1, 0.15) is 37.8 Å². The molecular weight excluding hydrogens is 266 g/mol. The summed E-state index contributed by atoms with van der Waals surface area (Å²) in [6.07, 6.45) is 6.58. The van der Waals surface area contributed by atoms with Gasteiger partial charge in [-0.15, -0.1) is 0 Å². The lowest BCUT2D eigenvalue weighted by molar-refractivity contribution is 0.473. The first-order chi connectivity index (χ1) is 9.61. The monoisotopic (exact) mass is 293 g/mol.